The molecule has 8 nitrogen and oxygen atoms in total. The number of nitrogens with one attached hydrogen (secondary N) is 1. The summed E-state index contributed by atoms with van der Waals surface area (Å²) >= 11 is 0. The van der Waals surface area contributed by atoms with Gasteiger partial charge in [-0.2, -0.15) is 0 Å². The number of carbonyl (C=O) groups is 1. The Morgan fingerprint density at radius 2 is 1.59 bits per heavy atom. The molecule has 2 saturated heterocycles. The number of nitrogens with zero attached hydrogens (tertiary/aromatic N) is 5. The third kappa shape index (κ3) is 3.92. The number of benzene rings is 1. The smallest absolute Gasteiger partial charge is 0.322 e. The fourth-order valence-electron chi connectivity index (χ4n) is 6.04. The second-order valence-corrected chi connectivity index (χ2v) is 10.2. The SMILES string of the molecule is Cc1nc(N2CCOCC2)nc(C)c1N1C[C@]2(CC[C@@](c3ccccc3)(N(C)C)CC2)NC1=O. The molecule has 1 aromatic heterocycles. The minimum atomic E-state index is -0.215. The molecule has 1 aromatic carbocycles. The molecule has 1 N–H and O–H groups in total. The number of carbonyl (C=O) groups excluding carboxylic acids is 1. The molecule has 1 spiro atoms. The second kappa shape index (κ2) is 8.82. The quantitative estimate of drug-likeness (QED) is 0.749. The summed E-state index contributed by atoms with van der Waals surface area (Å²) in [7, 11) is 4.34. The molecule has 2 amide bonds. The predicted octanol–water partition coefficient (Wildman–Crippen LogP) is 3.23. The number of amides is 2. The van der Waals surface area contributed by atoms with Gasteiger partial charge in [0.15, 0.2) is 0 Å². The maximum Gasteiger partial charge on any atom is 0.322 e. The monoisotopic (exact) mass is 464 g/mol. The molecule has 5 rings (SSSR count). The van der Waals surface area contributed by atoms with E-state index < -0.39 is 0 Å². The highest BCUT2D eigenvalue weighted by molar-refractivity contribution is 5.96. The predicted molar refractivity (Wildman–Crippen MR) is 133 cm³/mol. The highest BCUT2D eigenvalue weighted by Gasteiger charge is 2.50. The normalized spacial score (nSPS) is 27.5. The summed E-state index contributed by atoms with van der Waals surface area (Å²) in [6.45, 7) is 7.60. The third-order valence-electron chi connectivity index (χ3n) is 8.06. The zero-order valence-corrected chi connectivity index (χ0v) is 20.8. The van der Waals surface area contributed by atoms with Crippen LogP contribution in [0.4, 0.5) is 16.4 Å². The molecule has 0 atom stereocenters. The largest absolute Gasteiger partial charge is 0.378 e. The van der Waals surface area contributed by atoms with Crippen LogP contribution in [0, 0.1) is 13.8 Å². The summed E-state index contributed by atoms with van der Waals surface area (Å²) in [5, 5.41) is 3.36. The molecular weight excluding hydrogens is 428 g/mol. The lowest BCUT2D eigenvalue weighted by Gasteiger charge is -2.48. The number of aryl methyl sites for hydroxylation is 2. The van der Waals surface area contributed by atoms with Gasteiger partial charge in [0.05, 0.1) is 42.4 Å². The Balaban J connectivity index is 1.36. The van der Waals surface area contributed by atoms with Crippen molar-refractivity contribution >= 4 is 17.7 Å². The maximum absolute atomic E-state index is 13.2. The Labute approximate surface area is 202 Å². The minimum Gasteiger partial charge on any atom is -0.378 e. The standard InChI is InChI=1S/C26H36N6O2/c1-19-22(20(2)28-23(27-19)31-14-16-34-17-15-31)32-18-25(29-24(32)33)10-12-26(13-11-25,30(3)4)21-8-6-5-7-9-21/h5-9H,10-18H2,1-4H3,(H,29,33)/t25-,26-. The Morgan fingerprint density at radius 3 is 2.18 bits per heavy atom. The van der Waals surface area contributed by atoms with Crippen molar-refractivity contribution in [2.75, 3.05) is 56.7 Å². The number of rotatable bonds is 4. The summed E-state index contributed by atoms with van der Waals surface area (Å²) in [6, 6.07) is 10.7. The van der Waals surface area contributed by atoms with Gasteiger partial charge >= 0.3 is 6.03 Å². The molecule has 8 heteroatoms. The molecule has 3 fully saturated rings. The van der Waals surface area contributed by atoms with Crippen LogP contribution >= 0.6 is 0 Å². The molecule has 1 aliphatic carbocycles. The number of morpholine rings is 1. The topological polar surface area (TPSA) is 73.8 Å². The van der Waals surface area contributed by atoms with Crippen LogP contribution in [0.15, 0.2) is 30.3 Å². The molecule has 3 heterocycles. The van der Waals surface area contributed by atoms with Gasteiger partial charge in [0.2, 0.25) is 5.95 Å². The molecule has 1 saturated carbocycles. The lowest BCUT2D eigenvalue weighted by Crippen LogP contribution is -2.54. The van der Waals surface area contributed by atoms with E-state index >= 15 is 0 Å². The van der Waals surface area contributed by atoms with E-state index in [2.05, 4.69) is 59.5 Å². The molecule has 2 aliphatic heterocycles. The van der Waals surface area contributed by atoms with Gasteiger partial charge in [-0.15, -0.1) is 0 Å². The Morgan fingerprint density at radius 1 is 0.971 bits per heavy atom. The second-order valence-electron chi connectivity index (χ2n) is 10.2. The fourth-order valence-corrected chi connectivity index (χ4v) is 6.04. The molecule has 0 radical (unpaired) electrons. The first kappa shape index (κ1) is 23.1. The van der Waals surface area contributed by atoms with Crippen LogP contribution in [-0.4, -0.2) is 73.4 Å². The summed E-state index contributed by atoms with van der Waals surface area (Å²) in [5.41, 5.74) is 3.69. The minimum absolute atomic E-state index is 0.000588. The van der Waals surface area contributed by atoms with Gasteiger partial charge in [-0.1, -0.05) is 30.3 Å². The Kier molecular flexibility index (Phi) is 5.98. The zero-order chi connectivity index (χ0) is 23.9. The lowest BCUT2D eigenvalue weighted by molar-refractivity contribution is 0.0658. The molecule has 182 valence electrons. The molecule has 2 aromatic rings. The Bertz CT molecular complexity index is 1020. The summed E-state index contributed by atoms with van der Waals surface area (Å²) < 4.78 is 5.46. The van der Waals surface area contributed by atoms with E-state index in [1.807, 2.05) is 18.7 Å². The number of urea groups is 1. The van der Waals surface area contributed by atoms with Gasteiger partial charge < -0.3 is 15.0 Å². The summed E-state index contributed by atoms with van der Waals surface area (Å²) in [6.07, 6.45) is 3.88. The zero-order valence-electron chi connectivity index (χ0n) is 20.8. The van der Waals surface area contributed by atoms with Crippen molar-refractivity contribution < 1.29 is 9.53 Å². The van der Waals surface area contributed by atoms with Crippen molar-refractivity contribution in [2.24, 2.45) is 0 Å². The van der Waals surface area contributed by atoms with Gasteiger partial charge in [-0.25, -0.2) is 14.8 Å². The molecule has 34 heavy (non-hydrogen) atoms. The van der Waals surface area contributed by atoms with Gasteiger partial charge in [-0.3, -0.25) is 9.80 Å². The van der Waals surface area contributed by atoms with Crippen LogP contribution in [0.2, 0.25) is 0 Å². The molecular formula is C26H36N6O2. The number of ether oxygens (including phenoxy) is 1. The van der Waals surface area contributed by atoms with E-state index in [9.17, 15) is 4.79 Å². The van der Waals surface area contributed by atoms with Crippen molar-refractivity contribution in [3.63, 3.8) is 0 Å². The van der Waals surface area contributed by atoms with E-state index in [1.54, 1.807) is 0 Å². The summed E-state index contributed by atoms with van der Waals surface area (Å²) in [4.78, 5) is 29.2. The van der Waals surface area contributed by atoms with Crippen molar-refractivity contribution in [3.8, 4) is 0 Å². The van der Waals surface area contributed by atoms with Crippen LogP contribution < -0.4 is 15.1 Å². The first-order chi connectivity index (χ1) is 16.3. The fraction of sp³-hybridized carbons (Fsp3) is 0.577. The van der Waals surface area contributed by atoms with E-state index in [0.717, 1.165) is 61.8 Å². The van der Waals surface area contributed by atoms with Gasteiger partial charge in [0.1, 0.15) is 0 Å². The van der Waals surface area contributed by atoms with Crippen molar-refractivity contribution in [2.45, 2.75) is 50.6 Å². The van der Waals surface area contributed by atoms with Crippen LogP contribution in [0.5, 0.6) is 0 Å². The first-order valence-electron chi connectivity index (χ1n) is 12.3. The average molecular weight is 465 g/mol. The van der Waals surface area contributed by atoms with Crippen LogP contribution in [0.3, 0.4) is 0 Å². The molecule has 3 aliphatic rings. The molecule has 0 bridgehead atoms. The van der Waals surface area contributed by atoms with Gasteiger partial charge in [0, 0.05) is 18.6 Å². The van der Waals surface area contributed by atoms with Crippen LogP contribution in [0.25, 0.3) is 0 Å². The van der Waals surface area contributed by atoms with Crippen LogP contribution in [-0.2, 0) is 10.3 Å². The van der Waals surface area contributed by atoms with E-state index in [4.69, 9.17) is 14.7 Å². The maximum atomic E-state index is 13.2. The highest BCUT2D eigenvalue weighted by Crippen LogP contribution is 2.46. The van der Waals surface area contributed by atoms with Crippen molar-refractivity contribution in [3.05, 3.63) is 47.3 Å². The van der Waals surface area contributed by atoms with Gasteiger partial charge in [0.25, 0.3) is 0 Å². The number of aromatic nitrogens is 2. The van der Waals surface area contributed by atoms with E-state index in [1.165, 1.54) is 5.56 Å². The lowest BCUT2D eigenvalue weighted by atomic mass is 9.69. The highest BCUT2D eigenvalue weighted by atomic mass is 16.5. The number of hydrogen-bond donors (Lipinski definition) is 1. The van der Waals surface area contributed by atoms with Gasteiger partial charge in [-0.05, 0) is 59.2 Å². The number of anilines is 2. The van der Waals surface area contributed by atoms with Crippen molar-refractivity contribution in [1.29, 1.82) is 0 Å². The average Bonchev–Trinajstić information content (AvgIpc) is 3.15. The first-order valence-corrected chi connectivity index (χ1v) is 12.3. The summed E-state index contributed by atoms with van der Waals surface area (Å²) in [5.74, 6) is 0.729. The molecule has 0 unspecified atom stereocenters. The third-order valence-corrected chi connectivity index (χ3v) is 8.06. The van der Waals surface area contributed by atoms with Crippen molar-refractivity contribution in [1.82, 2.24) is 20.2 Å². The Hall–Kier alpha value is -2.71. The van der Waals surface area contributed by atoms with E-state index in [-0.39, 0.29) is 17.1 Å². The van der Waals surface area contributed by atoms with E-state index in [0.29, 0.717) is 19.8 Å². The van der Waals surface area contributed by atoms with Crippen LogP contribution in [0.1, 0.15) is 42.6 Å². The number of hydrogen-bond acceptors (Lipinski definition) is 6.